The molecule has 772 valence electrons. The Hall–Kier alpha value is -10.8. The number of alkyl halides is 1. The van der Waals surface area contributed by atoms with Gasteiger partial charge in [0.25, 0.3) is 6.47 Å². The second-order valence-electron chi connectivity index (χ2n) is 31.7. The predicted octanol–water partition coefficient (Wildman–Crippen LogP) is 17.4. The number of unbranched alkanes of at least 4 members (excludes halogenated alkanes) is 15. The summed E-state index contributed by atoms with van der Waals surface area (Å²) in [5.41, 5.74) is 4.50. The van der Waals surface area contributed by atoms with Crippen LogP contribution >= 0.6 is 25.8 Å². The SMILES string of the molecule is C=CC(=O)OCCCOc1ccc(C(=O)O)cc1.C=CC(=O)OCCCOc1ccc(C(=O)Oc2ccc(OCCCCCCCC)c(C(=O)OCc3ccccc3)c2)cc1.CCCCCCCCBr.CCCCCCCCOc1ccc(O)cc1C(=O)OCc1ccccc1.O=C(OCc1ccccc1)c1cc(O)ccc1O.O=C(OCc1ccccc1)c1cc(OC2CCCCO2)ccc1O.O=CO[O-].[2H]P.[H+].[H-].[K+].[K+]. The monoisotopic (exact) mass is 2130 g/mol. The van der Waals surface area contributed by atoms with Crippen molar-refractivity contribution in [2.24, 2.45) is 0 Å². The number of carboxylic acids is 1. The van der Waals surface area contributed by atoms with Crippen LogP contribution in [-0.2, 0) is 78.9 Å². The number of ether oxygens (including phenoxy) is 13. The molecule has 10 aromatic rings. The van der Waals surface area contributed by atoms with Crippen LogP contribution in [0.25, 0.3) is 0 Å². The average Bonchev–Trinajstić information content (AvgIpc) is 0.851. The molecule has 0 aliphatic carbocycles. The second kappa shape index (κ2) is 82.3. The van der Waals surface area contributed by atoms with Gasteiger partial charge < -0.3 is 98.7 Å². The molecule has 1 fully saturated rings. The third-order valence-electron chi connectivity index (χ3n) is 20.4. The number of phenols is 4. The molecule has 33 heteroatoms. The van der Waals surface area contributed by atoms with Crippen LogP contribution in [0.3, 0.4) is 0 Å². The van der Waals surface area contributed by atoms with Crippen molar-refractivity contribution >= 4 is 80.0 Å². The summed E-state index contributed by atoms with van der Waals surface area (Å²) in [5.74, 6) is -2.62. The Labute approximate surface area is 951 Å². The number of aromatic hydroxyl groups is 4. The summed E-state index contributed by atoms with van der Waals surface area (Å²) < 4.78 is 76.0. The van der Waals surface area contributed by atoms with Crippen molar-refractivity contribution in [3.63, 3.8) is 0 Å². The molecule has 0 spiro atoms. The Bertz CT molecular complexity index is 5310. The summed E-state index contributed by atoms with van der Waals surface area (Å²) in [6, 6.07) is 67.5. The van der Waals surface area contributed by atoms with Crippen LogP contribution in [0.15, 0.2) is 268 Å². The van der Waals surface area contributed by atoms with Gasteiger partial charge in [-0.2, -0.15) is 9.84 Å². The number of rotatable bonds is 52. The van der Waals surface area contributed by atoms with Crippen molar-refractivity contribution < 1.29 is 246 Å². The number of aromatic carboxylic acids is 1. The van der Waals surface area contributed by atoms with Gasteiger partial charge >= 0.3 is 152 Å². The van der Waals surface area contributed by atoms with Gasteiger partial charge in [-0.1, -0.05) is 267 Å². The maximum absolute atomic E-state index is 13.1. The van der Waals surface area contributed by atoms with Gasteiger partial charge in [0.05, 0.1) is 58.7 Å². The summed E-state index contributed by atoms with van der Waals surface area (Å²) in [6.45, 7) is 16.5. The Morgan fingerprint density at radius 1 is 0.407 bits per heavy atom. The molecule has 1 saturated heterocycles. The molecule has 0 aromatic heterocycles. The largest absolute Gasteiger partial charge is 1.00 e. The predicted molar refractivity (Wildman–Crippen MR) is 552 cm³/mol. The minimum absolute atomic E-state index is 0. The number of phenolic OH excluding ortho intramolecular Hbond substituents is 4. The van der Waals surface area contributed by atoms with Gasteiger partial charge in [-0.15, -0.1) is 0 Å². The van der Waals surface area contributed by atoms with Crippen LogP contribution in [0.5, 0.6) is 57.5 Å². The van der Waals surface area contributed by atoms with Crippen LogP contribution in [0, 0.1) is 0 Å². The van der Waals surface area contributed by atoms with Gasteiger partial charge in [0.15, 0.2) is 6.29 Å². The molecular weight excluding hydrogens is 2000 g/mol. The Balaban J connectivity index is 0.00000181. The van der Waals surface area contributed by atoms with E-state index in [1.807, 2.05) is 121 Å². The van der Waals surface area contributed by atoms with Crippen molar-refractivity contribution in [3.8, 4) is 57.5 Å². The standard InChI is InChI=1S/C35H40O8.C22H28O4.C19H20O5.C14H12O4.C13H14O5.C8H17Br.CH2O3.2K.H3P.H/c1-3-5-6-7-8-12-22-40-32-21-20-30(25-31(32)35(38)42-26-27-14-10-9-11-15-27)43-34(37)28-16-18-29(19-17-28)39-23-13-24-41-33(36)4-2;1-2-3-4-5-6-10-15-25-21-14-13-19(23)16-20(21)22(24)26-17-18-11-8-7-9-12-18;20-17-10-9-15(24-18-8-4-5-11-22-18)12-16(17)19(21)23-13-14-6-2-1-3-7-14;15-11-6-7-13(16)12(8-11)14(17)18-9-10-4-2-1-3-5-10;1-2-12(14)18-9-3-8-17-11-6-4-10(5-7-11)13(15)16;1-2-3-4-5-6-7-8-9;2-1-4-3;;;;/h4,9-11,14-21,25H,2-3,5-8,12-13,22-24,26H2,1H3;7-9,11-14,16,23H,2-6,10,15,17H2,1H3;1-3,6-7,9-10,12,18,20H,4-5,8,11,13H2;1-8,15-16H,9H2;2,4-7H,1,3,8-9H2,(H,15,16);2-8H2,1H3;1,3H;;;1H3;/q;;;;;;;2*+1;;-1/i;;;;;;;;;1D;. The zero-order valence-electron chi connectivity index (χ0n) is 86.6. The average molecular weight is 2140 g/mol. The fourth-order valence-electron chi connectivity index (χ4n) is 12.8. The Morgan fingerprint density at radius 3 is 1.14 bits per heavy atom. The van der Waals surface area contributed by atoms with Gasteiger partial charge in [0.1, 0.15) is 106 Å². The fraction of sp³-hybridized carbons (Fsp3) is 0.348. The smallest absolute Gasteiger partial charge is 1.00 e. The molecule has 29 nitrogen and oxygen atoms in total. The molecule has 2 atom stereocenters. The van der Waals surface area contributed by atoms with Crippen molar-refractivity contribution in [3.05, 3.63) is 324 Å². The summed E-state index contributed by atoms with van der Waals surface area (Å²) >= 11 is 3.42. The van der Waals surface area contributed by atoms with E-state index in [0.717, 1.165) is 85.8 Å². The van der Waals surface area contributed by atoms with E-state index in [-0.39, 0.29) is 215 Å². The van der Waals surface area contributed by atoms with E-state index in [1.165, 1.54) is 149 Å². The summed E-state index contributed by atoms with van der Waals surface area (Å²) in [6.07, 6.45) is 28.0. The van der Waals surface area contributed by atoms with Gasteiger partial charge in [0.2, 0.25) is 0 Å². The van der Waals surface area contributed by atoms with Crippen molar-refractivity contribution in [2.75, 3.05) is 51.6 Å². The van der Waals surface area contributed by atoms with Crippen molar-refractivity contribution in [1.82, 2.24) is 0 Å². The molecule has 0 amide bonds. The third-order valence-corrected chi connectivity index (χ3v) is 20.9. The minimum Gasteiger partial charge on any atom is -1.00 e. The quantitative estimate of drug-likeness (QED) is 0.00192. The molecule has 0 radical (unpaired) electrons. The number of esters is 7. The van der Waals surface area contributed by atoms with Gasteiger partial charge in [-0.05, 0) is 176 Å². The first-order valence-corrected chi connectivity index (χ1v) is 48.7. The number of carboxylic acid groups (broad SMARTS) is 1. The molecule has 1 aliphatic heterocycles. The number of benzene rings is 10. The van der Waals surface area contributed by atoms with Crippen molar-refractivity contribution in [1.29, 1.82) is 1.28 Å². The maximum atomic E-state index is 13.1. The van der Waals surface area contributed by atoms with Crippen LogP contribution < -0.4 is 136 Å². The number of carbonyl (C=O) groups is 9. The molecule has 5 N–H and O–H groups in total. The minimum atomic E-state index is -0.974. The number of hydrogen-bond donors (Lipinski definition) is 5. The summed E-state index contributed by atoms with van der Waals surface area (Å²) in [5, 5.41) is 56.7. The van der Waals surface area contributed by atoms with Crippen LogP contribution in [0.2, 0.25) is 0 Å². The third kappa shape index (κ3) is 58.4. The van der Waals surface area contributed by atoms with Gasteiger partial charge in [0, 0.05) is 36.7 Å². The van der Waals surface area contributed by atoms with Crippen LogP contribution in [-0.4, -0.2) is 139 Å². The number of hydrogen-bond acceptors (Lipinski definition) is 28. The molecule has 0 saturated carbocycles. The van der Waals surface area contributed by atoms with Gasteiger partial charge in [-0.25, -0.2) is 38.4 Å². The summed E-state index contributed by atoms with van der Waals surface area (Å²) in [7, 11) is 1.67. The zero-order chi connectivity index (χ0) is 105. The van der Waals surface area contributed by atoms with E-state index in [0.29, 0.717) is 80.2 Å². The molecule has 1 aliphatic rings. The van der Waals surface area contributed by atoms with E-state index in [4.69, 9.17) is 78.0 Å². The van der Waals surface area contributed by atoms with E-state index >= 15 is 0 Å². The topological polar surface area (TPSA) is 407 Å². The van der Waals surface area contributed by atoms with E-state index in [1.54, 1.807) is 70.5 Å². The fourth-order valence-corrected chi connectivity index (χ4v) is 13.2. The number of halogens is 1. The molecule has 0 bridgehead atoms. The van der Waals surface area contributed by atoms with E-state index < -0.39 is 47.8 Å². The zero-order valence-corrected chi connectivity index (χ0v) is 92.5. The Kier molecular flexibility index (Phi) is 72.9. The molecule has 145 heavy (non-hydrogen) atoms. The molecule has 11 rings (SSSR count). The van der Waals surface area contributed by atoms with Crippen LogP contribution in [0.1, 0.15) is 256 Å². The van der Waals surface area contributed by atoms with E-state index in [2.05, 4.69) is 54.7 Å². The van der Waals surface area contributed by atoms with E-state index in [9.17, 15) is 58.8 Å². The van der Waals surface area contributed by atoms with Crippen molar-refractivity contribution in [2.45, 2.75) is 201 Å². The first kappa shape index (κ1) is 128. The van der Waals surface area contributed by atoms with Crippen LogP contribution in [0.4, 0.5) is 0 Å². The second-order valence-corrected chi connectivity index (χ2v) is 32.4. The number of carbonyl (C=O) groups excluding carboxylic acids is 8. The first-order chi connectivity index (χ1) is 70.0. The maximum Gasteiger partial charge on any atom is 1.00 e. The first-order valence-electron chi connectivity index (χ1n) is 48.1. The molecule has 2 unspecified atom stereocenters. The normalized spacial score (nSPS) is 11.1. The molecule has 1 heterocycles. The summed E-state index contributed by atoms with van der Waals surface area (Å²) in [4.78, 5) is 106. The molecule has 10 aromatic carbocycles. The molecular formula is C112H137BrK2O29P+. The van der Waals surface area contributed by atoms with Gasteiger partial charge in [-0.3, -0.25) is 4.79 Å². The Morgan fingerprint density at radius 2 is 0.745 bits per heavy atom.